The molecule has 25 heavy (non-hydrogen) atoms. The maximum absolute atomic E-state index is 12.9. The summed E-state index contributed by atoms with van der Waals surface area (Å²) in [5, 5.41) is 3.62. The summed E-state index contributed by atoms with van der Waals surface area (Å²) < 4.78 is 39.7. The van der Waals surface area contributed by atoms with Gasteiger partial charge in [-0.1, -0.05) is 48.8 Å². The Morgan fingerprint density at radius 1 is 1.16 bits per heavy atom. The molecule has 10 heteroatoms. The molecule has 0 fully saturated rings. The maximum Gasteiger partial charge on any atom is 0.451 e. The Morgan fingerprint density at radius 3 is 2.08 bits per heavy atom. The predicted molar refractivity (Wildman–Crippen MR) is 94.1 cm³/mol. The second kappa shape index (κ2) is 6.55. The van der Waals surface area contributed by atoms with Gasteiger partial charge in [0.05, 0.1) is 21.3 Å². The summed E-state index contributed by atoms with van der Waals surface area (Å²) in [6.45, 7) is 6.13. The highest BCUT2D eigenvalue weighted by atomic mass is 35.5. The van der Waals surface area contributed by atoms with Crippen LogP contribution in [0.1, 0.15) is 11.4 Å². The summed E-state index contributed by atoms with van der Waals surface area (Å²) >= 11 is 12.3. The zero-order chi connectivity index (χ0) is 19.2. The van der Waals surface area contributed by atoms with Gasteiger partial charge >= 0.3 is 11.9 Å². The van der Waals surface area contributed by atoms with Crippen LogP contribution in [0.25, 0.3) is 5.69 Å². The smallest absolute Gasteiger partial charge is 0.274 e. The highest BCUT2D eigenvalue weighted by Gasteiger charge is 2.38. The Kier molecular flexibility index (Phi) is 5.15. The Bertz CT molecular complexity index is 923. The average Bonchev–Trinajstić information content (AvgIpc) is 2.73. The quantitative estimate of drug-likeness (QED) is 0.526. The highest BCUT2D eigenvalue weighted by Crippen LogP contribution is 2.29. The molecule has 0 radical (unpaired) electrons. The molecule has 0 unspecified atom stereocenters. The van der Waals surface area contributed by atoms with Crippen LogP contribution in [0.15, 0.2) is 16.9 Å². The van der Waals surface area contributed by atoms with Crippen molar-refractivity contribution in [3.05, 3.63) is 44.1 Å². The number of benzene rings is 1. The van der Waals surface area contributed by atoms with Crippen LogP contribution in [0.5, 0.6) is 0 Å². The van der Waals surface area contributed by atoms with Crippen molar-refractivity contribution in [1.29, 1.82) is 0 Å². The lowest BCUT2D eigenvalue weighted by molar-refractivity contribution is -0.147. The third kappa shape index (κ3) is 4.29. The van der Waals surface area contributed by atoms with E-state index in [0.29, 0.717) is 14.8 Å². The van der Waals surface area contributed by atoms with Crippen LogP contribution in [0, 0.1) is 11.5 Å². The Balaban J connectivity index is 2.60. The first-order chi connectivity index (χ1) is 11.3. The summed E-state index contributed by atoms with van der Waals surface area (Å²) in [6, 6.07) is 2.63. The standard InChI is InChI=1S/C15H14Cl2F3N3OSi/c1-22-13(15(18,19)20)21-23(14(22)24)9-7-11(16)10(12(17)8-9)5-6-25(2,3)4/h7-8H,1-4H3. The number of halogens is 5. The molecule has 1 heterocycles. The molecule has 134 valence electrons. The molecule has 0 saturated carbocycles. The monoisotopic (exact) mass is 407 g/mol. The van der Waals surface area contributed by atoms with E-state index in [1.165, 1.54) is 12.1 Å². The van der Waals surface area contributed by atoms with Gasteiger partial charge in [0, 0.05) is 7.05 Å². The Morgan fingerprint density at radius 2 is 1.68 bits per heavy atom. The van der Waals surface area contributed by atoms with Crippen molar-refractivity contribution in [1.82, 2.24) is 14.3 Å². The van der Waals surface area contributed by atoms with E-state index in [0.717, 1.165) is 7.05 Å². The molecular weight excluding hydrogens is 394 g/mol. The van der Waals surface area contributed by atoms with Crippen LogP contribution in [0.4, 0.5) is 13.2 Å². The topological polar surface area (TPSA) is 39.8 Å². The molecule has 1 aromatic carbocycles. The van der Waals surface area contributed by atoms with Crippen LogP contribution in [0.3, 0.4) is 0 Å². The number of aromatic nitrogens is 3. The number of rotatable bonds is 1. The van der Waals surface area contributed by atoms with Gasteiger partial charge in [-0.3, -0.25) is 4.57 Å². The van der Waals surface area contributed by atoms with Crippen LogP contribution < -0.4 is 5.69 Å². The van der Waals surface area contributed by atoms with Crippen molar-refractivity contribution < 1.29 is 13.2 Å². The number of hydrogen-bond acceptors (Lipinski definition) is 2. The maximum atomic E-state index is 12.9. The first-order valence-electron chi connectivity index (χ1n) is 7.07. The molecule has 0 atom stereocenters. The first-order valence-corrected chi connectivity index (χ1v) is 11.3. The molecule has 0 bridgehead atoms. The van der Waals surface area contributed by atoms with E-state index in [1.54, 1.807) is 0 Å². The van der Waals surface area contributed by atoms with Gasteiger partial charge in [-0.05, 0) is 12.1 Å². The van der Waals surface area contributed by atoms with Crippen LogP contribution in [0.2, 0.25) is 29.7 Å². The van der Waals surface area contributed by atoms with E-state index in [-0.39, 0.29) is 15.7 Å². The number of hydrogen-bond donors (Lipinski definition) is 0. The molecule has 0 aliphatic heterocycles. The lowest BCUT2D eigenvalue weighted by atomic mass is 10.2. The van der Waals surface area contributed by atoms with E-state index in [2.05, 4.69) is 16.6 Å². The molecule has 0 amide bonds. The van der Waals surface area contributed by atoms with Crippen LogP contribution in [-0.4, -0.2) is 22.4 Å². The fraction of sp³-hybridized carbons (Fsp3) is 0.333. The summed E-state index contributed by atoms with van der Waals surface area (Å²) in [4.78, 5) is 12.1. The molecule has 0 aliphatic rings. The SMILES string of the molecule is Cn1c(C(F)(F)F)nn(-c2cc(Cl)c(C#C[Si](C)(C)C)c(Cl)c2)c1=O. The minimum Gasteiger partial charge on any atom is -0.274 e. The molecule has 2 aromatic rings. The summed E-state index contributed by atoms with van der Waals surface area (Å²) in [7, 11) is -0.680. The van der Waals surface area contributed by atoms with Gasteiger partial charge in [0.1, 0.15) is 8.07 Å². The molecule has 2 rings (SSSR count). The molecule has 0 N–H and O–H groups in total. The second-order valence-electron chi connectivity index (χ2n) is 6.36. The first kappa shape index (κ1) is 19.6. The summed E-state index contributed by atoms with van der Waals surface area (Å²) in [5.41, 5.74) is 2.55. The van der Waals surface area contributed by atoms with Gasteiger partial charge in [0.25, 0.3) is 0 Å². The fourth-order valence-corrected chi connectivity index (χ4v) is 2.97. The van der Waals surface area contributed by atoms with Crippen molar-refractivity contribution in [3.63, 3.8) is 0 Å². The average molecular weight is 408 g/mol. The van der Waals surface area contributed by atoms with Crippen molar-refractivity contribution in [3.8, 4) is 17.2 Å². The van der Waals surface area contributed by atoms with E-state index in [4.69, 9.17) is 23.2 Å². The van der Waals surface area contributed by atoms with Crippen LogP contribution >= 0.6 is 23.2 Å². The summed E-state index contributed by atoms with van der Waals surface area (Å²) in [6.07, 6.45) is -4.75. The van der Waals surface area contributed by atoms with Crippen molar-refractivity contribution in [2.75, 3.05) is 0 Å². The Labute approximate surface area is 153 Å². The third-order valence-electron chi connectivity index (χ3n) is 3.07. The van der Waals surface area contributed by atoms with Gasteiger partial charge in [0.15, 0.2) is 0 Å². The van der Waals surface area contributed by atoms with E-state index < -0.39 is 25.8 Å². The molecule has 0 saturated heterocycles. The van der Waals surface area contributed by atoms with Gasteiger partial charge in [0.2, 0.25) is 5.82 Å². The zero-order valence-electron chi connectivity index (χ0n) is 13.8. The minimum absolute atomic E-state index is 0.0321. The highest BCUT2D eigenvalue weighted by molar-refractivity contribution is 6.83. The molecule has 0 aliphatic carbocycles. The van der Waals surface area contributed by atoms with E-state index >= 15 is 0 Å². The Hall–Kier alpha value is -1.69. The molecular formula is C15H14Cl2F3N3OSi. The predicted octanol–water partition coefficient (Wildman–Crippen LogP) is 4.13. The summed E-state index contributed by atoms with van der Waals surface area (Å²) in [5.74, 6) is 1.60. The van der Waals surface area contributed by atoms with Crippen molar-refractivity contribution in [2.24, 2.45) is 7.05 Å². The number of nitrogens with zero attached hydrogens (tertiary/aromatic N) is 3. The second-order valence-corrected chi connectivity index (χ2v) is 11.9. The zero-order valence-corrected chi connectivity index (χ0v) is 16.3. The van der Waals surface area contributed by atoms with Gasteiger partial charge in [-0.25, -0.2) is 4.79 Å². The van der Waals surface area contributed by atoms with Gasteiger partial charge in [-0.15, -0.1) is 10.6 Å². The molecule has 0 spiro atoms. The molecule has 1 aromatic heterocycles. The van der Waals surface area contributed by atoms with Crippen LogP contribution in [-0.2, 0) is 13.2 Å². The fourth-order valence-electron chi connectivity index (χ4n) is 1.90. The van der Waals surface area contributed by atoms with Gasteiger partial charge in [-0.2, -0.15) is 17.9 Å². The lowest BCUT2D eigenvalue weighted by Crippen LogP contribution is -2.23. The van der Waals surface area contributed by atoms with Gasteiger partial charge < -0.3 is 0 Å². The normalized spacial score (nSPS) is 12.0. The third-order valence-corrected chi connectivity index (χ3v) is 4.54. The lowest BCUT2D eigenvalue weighted by Gasteiger charge is -2.07. The van der Waals surface area contributed by atoms with E-state index in [1.807, 2.05) is 19.6 Å². The number of alkyl halides is 3. The minimum atomic E-state index is -4.75. The largest absolute Gasteiger partial charge is 0.451 e. The van der Waals surface area contributed by atoms with Crippen molar-refractivity contribution >= 4 is 31.3 Å². The van der Waals surface area contributed by atoms with E-state index in [9.17, 15) is 18.0 Å². The molecule has 4 nitrogen and oxygen atoms in total. The van der Waals surface area contributed by atoms with Crippen molar-refractivity contribution in [2.45, 2.75) is 25.8 Å².